The van der Waals surface area contributed by atoms with Crippen molar-refractivity contribution >= 4 is 33.5 Å². The topological polar surface area (TPSA) is 101 Å². The molecule has 2 N–H and O–H groups in total. The van der Waals surface area contributed by atoms with Gasteiger partial charge in [-0.05, 0) is 26.0 Å². The zero-order chi connectivity index (χ0) is 16.9. The van der Waals surface area contributed by atoms with Crippen molar-refractivity contribution in [3.63, 3.8) is 0 Å². The van der Waals surface area contributed by atoms with E-state index in [1.54, 1.807) is 31.2 Å². The van der Waals surface area contributed by atoms with Crippen molar-refractivity contribution in [1.82, 2.24) is 5.32 Å². The Kier molecular flexibility index (Phi) is 6.43. The first-order chi connectivity index (χ1) is 10.1. The molecule has 0 spiro atoms. The Hall–Kier alpha value is -1.54. The van der Waals surface area contributed by atoms with E-state index >= 15 is 0 Å². The summed E-state index contributed by atoms with van der Waals surface area (Å²) >= 11 is 1.07. The van der Waals surface area contributed by atoms with Crippen LogP contribution in [0, 0.1) is 0 Å². The van der Waals surface area contributed by atoms with E-state index in [-0.39, 0.29) is 5.75 Å². The van der Waals surface area contributed by atoms with Gasteiger partial charge < -0.3 is 10.4 Å². The fourth-order valence-electron chi connectivity index (χ4n) is 1.80. The average molecular weight is 345 g/mol. The van der Waals surface area contributed by atoms with E-state index in [4.69, 9.17) is 5.11 Å². The molecule has 0 heterocycles. The number of amides is 1. The number of carbonyl (C=O) groups is 2. The molecule has 0 aliphatic heterocycles. The molecular weight excluding hydrogens is 326 g/mol. The first kappa shape index (κ1) is 18.5. The number of hydrogen-bond donors (Lipinski definition) is 2. The van der Waals surface area contributed by atoms with Crippen LogP contribution in [0.25, 0.3) is 0 Å². The summed E-state index contributed by atoms with van der Waals surface area (Å²) in [5, 5.41) is 10.9. The van der Waals surface area contributed by atoms with Gasteiger partial charge in [-0.2, -0.15) is 0 Å². The Balaban J connectivity index is 2.87. The molecule has 0 fully saturated rings. The lowest BCUT2D eigenvalue weighted by molar-refractivity contribution is -0.136. The second kappa shape index (κ2) is 7.64. The number of thioether (sulfide) groups is 1. The number of carbonyl (C=O) groups excluding carboxylic acids is 1. The number of nitrogens with one attached hydrogen (secondary N) is 1. The molecule has 2 unspecified atom stereocenters. The van der Waals surface area contributed by atoms with Crippen LogP contribution in [0.1, 0.15) is 24.2 Å². The van der Waals surface area contributed by atoms with Crippen molar-refractivity contribution in [2.75, 3.05) is 12.0 Å². The largest absolute Gasteiger partial charge is 0.480 e. The number of carboxylic acid groups (broad SMARTS) is 1. The van der Waals surface area contributed by atoms with Crippen LogP contribution in [0.15, 0.2) is 29.2 Å². The van der Waals surface area contributed by atoms with Gasteiger partial charge in [0.1, 0.15) is 15.1 Å². The van der Waals surface area contributed by atoms with Gasteiger partial charge in [0.15, 0.2) is 0 Å². The van der Waals surface area contributed by atoms with Gasteiger partial charge in [0, 0.05) is 17.2 Å². The monoisotopic (exact) mass is 345 g/mol. The third-order valence-electron chi connectivity index (χ3n) is 2.71. The molecule has 0 aromatic heterocycles. The smallest absolute Gasteiger partial charge is 0.316 e. The number of carboxylic acids is 1. The molecule has 0 radical (unpaired) electrons. The Morgan fingerprint density at radius 2 is 1.86 bits per heavy atom. The van der Waals surface area contributed by atoms with Gasteiger partial charge in [-0.25, -0.2) is 8.42 Å². The summed E-state index contributed by atoms with van der Waals surface area (Å²) in [5.41, 5.74) is 0.334. The van der Waals surface area contributed by atoms with Crippen LogP contribution in [0.4, 0.5) is 0 Å². The summed E-state index contributed by atoms with van der Waals surface area (Å²) in [5.74, 6) is -1.54. The maximum Gasteiger partial charge on any atom is 0.316 e. The van der Waals surface area contributed by atoms with Crippen molar-refractivity contribution < 1.29 is 23.1 Å². The van der Waals surface area contributed by atoms with E-state index in [9.17, 15) is 18.0 Å². The first-order valence-corrected chi connectivity index (χ1v) is 9.51. The lowest BCUT2D eigenvalue weighted by atomic mass is 10.2. The summed E-state index contributed by atoms with van der Waals surface area (Å²) in [6, 6.07) is 6.11. The molecule has 8 heteroatoms. The maximum absolute atomic E-state index is 12.2. The van der Waals surface area contributed by atoms with E-state index in [1.165, 1.54) is 6.92 Å². The molecule has 122 valence electrons. The Morgan fingerprint density at radius 3 is 2.41 bits per heavy atom. The highest BCUT2D eigenvalue weighted by Crippen LogP contribution is 2.27. The van der Waals surface area contributed by atoms with Crippen molar-refractivity contribution in [3.8, 4) is 0 Å². The summed E-state index contributed by atoms with van der Waals surface area (Å²) < 4.78 is 22.5. The third kappa shape index (κ3) is 6.07. The van der Waals surface area contributed by atoms with Gasteiger partial charge in [0.2, 0.25) is 0 Å². The Labute approximate surface area is 134 Å². The Bertz CT molecular complexity index is 657. The van der Waals surface area contributed by atoms with E-state index in [0.29, 0.717) is 10.5 Å². The van der Waals surface area contributed by atoms with Crippen molar-refractivity contribution in [3.05, 3.63) is 29.8 Å². The predicted molar refractivity (Wildman–Crippen MR) is 86.0 cm³/mol. The van der Waals surface area contributed by atoms with Crippen LogP contribution in [-0.4, -0.2) is 48.7 Å². The first-order valence-electron chi connectivity index (χ1n) is 6.57. The van der Waals surface area contributed by atoms with Crippen LogP contribution in [0.2, 0.25) is 0 Å². The molecule has 0 bridgehead atoms. The van der Waals surface area contributed by atoms with Gasteiger partial charge >= 0.3 is 5.97 Å². The highest BCUT2D eigenvalue weighted by atomic mass is 32.2. The minimum atomic E-state index is -3.19. The molecule has 1 aromatic carbocycles. The van der Waals surface area contributed by atoms with Gasteiger partial charge in [0.05, 0.1) is 11.3 Å². The molecule has 1 rings (SSSR count). The van der Waals surface area contributed by atoms with Crippen LogP contribution in [0.3, 0.4) is 0 Å². The predicted octanol–water partition coefficient (Wildman–Crippen LogP) is 1.41. The molecule has 1 aromatic rings. The van der Waals surface area contributed by atoms with E-state index in [0.717, 1.165) is 18.0 Å². The van der Waals surface area contributed by atoms with E-state index < -0.39 is 33.0 Å². The second-order valence-corrected chi connectivity index (χ2v) is 8.63. The lowest BCUT2D eigenvalue weighted by Gasteiger charge is -2.15. The average Bonchev–Trinajstić information content (AvgIpc) is 2.36. The summed E-state index contributed by atoms with van der Waals surface area (Å²) in [6.45, 7) is 3.14. The standard InChI is InChI=1S/C14H19NO5S2/c1-9(8-22(3,19)20)15-13(16)11-6-4-5-7-12(11)21-10(2)14(17)18/h4-7,9-10H,8H2,1-3H3,(H,15,16)(H,17,18). The molecule has 0 saturated carbocycles. The quantitative estimate of drug-likeness (QED) is 0.725. The van der Waals surface area contributed by atoms with Gasteiger partial charge in [-0.1, -0.05) is 12.1 Å². The van der Waals surface area contributed by atoms with Gasteiger partial charge in [-0.15, -0.1) is 11.8 Å². The highest BCUT2D eigenvalue weighted by Gasteiger charge is 2.19. The van der Waals surface area contributed by atoms with Crippen LogP contribution >= 0.6 is 11.8 Å². The van der Waals surface area contributed by atoms with Crippen molar-refractivity contribution in [2.24, 2.45) is 0 Å². The highest BCUT2D eigenvalue weighted by molar-refractivity contribution is 8.00. The fourth-order valence-corrected chi connectivity index (χ4v) is 3.71. The lowest BCUT2D eigenvalue weighted by Crippen LogP contribution is -2.37. The minimum absolute atomic E-state index is 0.153. The minimum Gasteiger partial charge on any atom is -0.480 e. The van der Waals surface area contributed by atoms with Crippen LogP contribution in [0.5, 0.6) is 0 Å². The number of benzene rings is 1. The zero-order valence-electron chi connectivity index (χ0n) is 12.6. The van der Waals surface area contributed by atoms with Crippen molar-refractivity contribution in [2.45, 2.75) is 30.0 Å². The van der Waals surface area contributed by atoms with E-state index in [1.807, 2.05) is 0 Å². The maximum atomic E-state index is 12.2. The molecular formula is C14H19NO5S2. The Morgan fingerprint density at radius 1 is 1.27 bits per heavy atom. The number of aliphatic carboxylic acids is 1. The fraction of sp³-hybridized carbons (Fsp3) is 0.429. The number of hydrogen-bond acceptors (Lipinski definition) is 5. The summed E-state index contributed by atoms with van der Waals surface area (Å²) in [7, 11) is -3.19. The van der Waals surface area contributed by atoms with Gasteiger partial charge in [0.25, 0.3) is 5.91 Å². The molecule has 2 atom stereocenters. The molecule has 0 saturated heterocycles. The normalized spacial score (nSPS) is 14.1. The molecule has 1 amide bonds. The number of rotatable bonds is 7. The summed E-state index contributed by atoms with van der Waals surface area (Å²) in [6.07, 6.45) is 1.11. The van der Waals surface area contributed by atoms with Gasteiger partial charge in [-0.3, -0.25) is 9.59 Å². The van der Waals surface area contributed by atoms with Crippen LogP contribution in [-0.2, 0) is 14.6 Å². The SMILES string of the molecule is CC(CS(C)(=O)=O)NC(=O)c1ccccc1SC(C)C(=O)O. The van der Waals surface area contributed by atoms with E-state index in [2.05, 4.69) is 5.32 Å². The third-order valence-corrected chi connectivity index (χ3v) is 4.98. The van der Waals surface area contributed by atoms with Crippen LogP contribution < -0.4 is 5.32 Å². The number of sulfone groups is 1. The van der Waals surface area contributed by atoms with Crippen molar-refractivity contribution in [1.29, 1.82) is 0 Å². The second-order valence-electron chi connectivity index (χ2n) is 5.06. The molecule has 0 aliphatic carbocycles. The molecule has 0 aliphatic rings. The molecule has 22 heavy (non-hydrogen) atoms. The molecule has 6 nitrogen and oxygen atoms in total. The summed E-state index contributed by atoms with van der Waals surface area (Å²) in [4.78, 5) is 23.7. The zero-order valence-corrected chi connectivity index (χ0v) is 14.2.